The van der Waals surface area contributed by atoms with Gasteiger partial charge in [-0.25, -0.2) is 4.98 Å². The van der Waals surface area contributed by atoms with Crippen molar-refractivity contribution in [3.05, 3.63) is 59.4 Å². The molecule has 0 unspecified atom stereocenters. The number of benzene rings is 1. The van der Waals surface area contributed by atoms with Gasteiger partial charge in [0.2, 0.25) is 5.91 Å². The average Bonchev–Trinajstić information content (AvgIpc) is 3.33. The van der Waals surface area contributed by atoms with Crippen molar-refractivity contribution in [2.75, 3.05) is 5.32 Å². The number of carbonyl (C=O) groups is 1. The van der Waals surface area contributed by atoms with E-state index in [1.165, 1.54) is 23.1 Å². The van der Waals surface area contributed by atoms with Gasteiger partial charge in [0.25, 0.3) is 0 Å². The fourth-order valence-electron chi connectivity index (χ4n) is 2.53. The van der Waals surface area contributed by atoms with Crippen LogP contribution in [0.15, 0.2) is 47.6 Å². The third-order valence-corrected chi connectivity index (χ3v) is 5.89. The van der Waals surface area contributed by atoms with Gasteiger partial charge in [0.15, 0.2) is 16.1 Å². The van der Waals surface area contributed by atoms with Crippen LogP contribution in [0.25, 0.3) is 0 Å². The van der Waals surface area contributed by atoms with Crippen molar-refractivity contribution in [2.45, 2.75) is 44.3 Å². The highest BCUT2D eigenvalue weighted by Gasteiger charge is 2.21. The van der Waals surface area contributed by atoms with Crippen LogP contribution in [0.4, 0.5) is 5.13 Å². The van der Waals surface area contributed by atoms with E-state index in [1.54, 1.807) is 12.3 Å². The summed E-state index contributed by atoms with van der Waals surface area (Å²) in [5.74, 6) is 1.37. The van der Waals surface area contributed by atoms with Crippen LogP contribution in [0.2, 0.25) is 0 Å². The Morgan fingerprint density at radius 3 is 2.97 bits per heavy atom. The Hall–Kier alpha value is -2.65. The monoisotopic (exact) mass is 429 g/mol. The lowest BCUT2D eigenvalue weighted by Gasteiger charge is -2.13. The Kier molecular flexibility index (Phi) is 7.05. The minimum atomic E-state index is -0.362. The zero-order valence-electron chi connectivity index (χ0n) is 16.6. The van der Waals surface area contributed by atoms with E-state index >= 15 is 0 Å². The lowest BCUT2D eigenvalue weighted by atomic mass is 10.1. The summed E-state index contributed by atoms with van der Waals surface area (Å²) >= 11 is 2.72. The Morgan fingerprint density at radius 1 is 1.41 bits per heavy atom. The number of thiazole rings is 1. The largest absolute Gasteiger partial charge is 0.485 e. The van der Waals surface area contributed by atoms with E-state index in [2.05, 4.69) is 33.1 Å². The van der Waals surface area contributed by atoms with E-state index in [0.717, 1.165) is 16.9 Å². The highest BCUT2D eigenvalue weighted by molar-refractivity contribution is 8.00. The van der Waals surface area contributed by atoms with Crippen molar-refractivity contribution in [3.63, 3.8) is 0 Å². The van der Waals surface area contributed by atoms with E-state index in [1.807, 2.05) is 42.9 Å². The smallest absolute Gasteiger partial charge is 0.239 e. The van der Waals surface area contributed by atoms with Crippen LogP contribution in [0, 0.1) is 13.8 Å². The fourth-order valence-corrected chi connectivity index (χ4v) is 3.94. The SMILES string of the molecule is C=CCn1c(COc2cc(C)ccc2C)nnc1S[C@H](C)C(=O)Nc1nccs1. The number of aryl methyl sites for hydroxylation is 2. The minimum absolute atomic E-state index is 0.133. The molecule has 0 aliphatic heterocycles. The molecule has 7 nitrogen and oxygen atoms in total. The molecule has 1 amide bonds. The Morgan fingerprint density at radius 2 is 2.24 bits per heavy atom. The summed E-state index contributed by atoms with van der Waals surface area (Å²) in [7, 11) is 0. The Bertz CT molecular complexity index is 985. The van der Waals surface area contributed by atoms with E-state index < -0.39 is 0 Å². The lowest BCUT2D eigenvalue weighted by Crippen LogP contribution is -2.23. The number of carbonyl (C=O) groups excluding carboxylic acids is 1. The quantitative estimate of drug-likeness (QED) is 0.405. The molecule has 0 aliphatic carbocycles. The topological polar surface area (TPSA) is 81.9 Å². The molecule has 3 aromatic rings. The maximum Gasteiger partial charge on any atom is 0.239 e. The minimum Gasteiger partial charge on any atom is -0.485 e. The van der Waals surface area contributed by atoms with Crippen molar-refractivity contribution in [2.24, 2.45) is 0 Å². The molecular formula is C20H23N5O2S2. The van der Waals surface area contributed by atoms with Crippen LogP contribution in [-0.2, 0) is 17.9 Å². The molecule has 2 heterocycles. The number of hydrogen-bond donors (Lipinski definition) is 1. The third kappa shape index (κ3) is 5.45. The van der Waals surface area contributed by atoms with Crippen LogP contribution in [0.5, 0.6) is 5.75 Å². The van der Waals surface area contributed by atoms with Gasteiger partial charge in [0.05, 0.1) is 5.25 Å². The van der Waals surface area contributed by atoms with Gasteiger partial charge in [-0.3, -0.25) is 9.36 Å². The summed E-state index contributed by atoms with van der Waals surface area (Å²) in [6.45, 7) is 10.5. The van der Waals surface area contributed by atoms with Crippen LogP contribution in [0.1, 0.15) is 23.9 Å². The first-order valence-corrected chi connectivity index (χ1v) is 10.8. The number of amides is 1. The fraction of sp³-hybridized carbons (Fsp3) is 0.300. The second-order valence-electron chi connectivity index (χ2n) is 6.44. The van der Waals surface area contributed by atoms with Crippen LogP contribution >= 0.6 is 23.1 Å². The number of nitrogens with zero attached hydrogens (tertiary/aromatic N) is 4. The van der Waals surface area contributed by atoms with Gasteiger partial charge in [-0.15, -0.1) is 28.1 Å². The molecule has 3 rings (SSSR count). The predicted octanol–water partition coefficient (Wildman–Crippen LogP) is 4.24. The molecular weight excluding hydrogens is 406 g/mol. The molecule has 1 atom stereocenters. The van der Waals surface area contributed by atoms with Gasteiger partial charge >= 0.3 is 0 Å². The molecule has 2 aromatic heterocycles. The number of ether oxygens (including phenoxy) is 1. The van der Waals surface area contributed by atoms with Crippen molar-refractivity contribution in [3.8, 4) is 5.75 Å². The molecule has 1 N–H and O–H groups in total. The molecule has 1 aromatic carbocycles. The maximum atomic E-state index is 12.4. The number of hydrogen-bond acceptors (Lipinski definition) is 7. The molecule has 0 saturated carbocycles. The molecule has 0 bridgehead atoms. The average molecular weight is 430 g/mol. The highest BCUT2D eigenvalue weighted by atomic mass is 32.2. The molecule has 0 fully saturated rings. The Labute approximate surface area is 178 Å². The van der Waals surface area contributed by atoms with Gasteiger partial charge < -0.3 is 10.1 Å². The summed E-state index contributed by atoms with van der Waals surface area (Å²) in [6.07, 6.45) is 3.43. The maximum absolute atomic E-state index is 12.4. The first-order chi connectivity index (χ1) is 14.0. The number of thioether (sulfide) groups is 1. The standard InChI is InChI=1S/C20H23N5O2S2/c1-5-9-25-17(12-27-16-11-13(2)6-7-14(16)3)23-24-20(25)29-15(4)18(26)22-19-21-8-10-28-19/h5-8,10-11,15H,1,9,12H2,2-4H3,(H,21,22,26)/t15-/m1/s1. The molecule has 0 saturated heterocycles. The zero-order chi connectivity index (χ0) is 20.8. The highest BCUT2D eigenvalue weighted by Crippen LogP contribution is 2.25. The second-order valence-corrected chi connectivity index (χ2v) is 8.64. The molecule has 152 valence electrons. The molecule has 0 spiro atoms. The molecule has 29 heavy (non-hydrogen) atoms. The van der Waals surface area contributed by atoms with Crippen LogP contribution in [0.3, 0.4) is 0 Å². The zero-order valence-corrected chi connectivity index (χ0v) is 18.2. The van der Waals surface area contributed by atoms with Crippen molar-refractivity contribution in [1.29, 1.82) is 0 Å². The lowest BCUT2D eigenvalue weighted by molar-refractivity contribution is -0.115. The van der Waals surface area contributed by atoms with Crippen molar-refractivity contribution in [1.82, 2.24) is 19.7 Å². The van der Waals surface area contributed by atoms with Crippen LogP contribution in [-0.4, -0.2) is 30.9 Å². The molecule has 9 heteroatoms. The predicted molar refractivity (Wildman–Crippen MR) is 117 cm³/mol. The molecule has 0 radical (unpaired) electrons. The van der Waals surface area contributed by atoms with E-state index in [0.29, 0.717) is 22.7 Å². The number of aromatic nitrogens is 4. The summed E-state index contributed by atoms with van der Waals surface area (Å²) in [5, 5.41) is 14.0. The summed E-state index contributed by atoms with van der Waals surface area (Å²) < 4.78 is 7.89. The Balaban J connectivity index is 1.69. The van der Waals surface area contributed by atoms with E-state index in [-0.39, 0.29) is 17.8 Å². The van der Waals surface area contributed by atoms with Crippen molar-refractivity contribution < 1.29 is 9.53 Å². The first kappa shape index (κ1) is 21.1. The van der Waals surface area contributed by atoms with E-state index in [9.17, 15) is 4.79 Å². The first-order valence-electron chi connectivity index (χ1n) is 9.08. The summed E-state index contributed by atoms with van der Waals surface area (Å²) in [4.78, 5) is 16.5. The van der Waals surface area contributed by atoms with E-state index in [4.69, 9.17) is 4.74 Å². The number of rotatable bonds is 9. The van der Waals surface area contributed by atoms with Gasteiger partial charge in [0, 0.05) is 18.1 Å². The number of allylic oxidation sites excluding steroid dienone is 1. The van der Waals surface area contributed by atoms with Crippen LogP contribution < -0.4 is 10.1 Å². The number of anilines is 1. The molecule has 0 aliphatic rings. The normalized spacial score (nSPS) is 11.8. The second kappa shape index (κ2) is 9.71. The van der Waals surface area contributed by atoms with Gasteiger partial charge in [0.1, 0.15) is 12.4 Å². The van der Waals surface area contributed by atoms with Crippen molar-refractivity contribution >= 4 is 34.1 Å². The van der Waals surface area contributed by atoms with Gasteiger partial charge in [-0.05, 0) is 38.0 Å². The summed E-state index contributed by atoms with van der Waals surface area (Å²) in [6, 6.07) is 6.09. The third-order valence-electron chi connectivity index (χ3n) is 4.12. The van der Waals surface area contributed by atoms with Gasteiger partial charge in [-0.1, -0.05) is 30.0 Å². The van der Waals surface area contributed by atoms with Gasteiger partial charge in [-0.2, -0.15) is 0 Å². The number of nitrogens with one attached hydrogen (secondary N) is 1. The summed E-state index contributed by atoms with van der Waals surface area (Å²) in [5.41, 5.74) is 2.20.